The van der Waals surface area contributed by atoms with Gasteiger partial charge >= 0.3 is 6.09 Å². The predicted molar refractivity (Wildman–Crippen MR) is 81.9 cm³/mol. The van der Waals surface area contributed by atoms with Crippen LogP contribution in [-0.4, -0.2) is 64.7 Å². The van der Waals surface area contributed by atoms with Gasteiger partial charge in [-0.1, -0.05) is 0 Å². The Labute approximate surface area is 134 Å². The minimum Gasteiger partial charge on any atom is -0.453 e. The molecular formula is C16H21N3O4. The summed E-state index contributed by atoms with van der Waals surface area (Å²) in [6, 6.07) is 0. The lowest BCUT2D eigenvalue weighted by molar-refractivity contribution is 0.0544. The predicted octanol–water partition coefficient (Wildman–Crippen LogP) is 0.803. The Hall–Kier alpha value is -2.15. The highest BCUT2D eigenvalue weighted by Gasteiger charge is 2.28. The number of fused-ring (bicyclic) bond motifs is 1. The number of nitrogens with zero attached hydrogens (tertiary/aromatic N) is 3. The number of carbonyl (C=O) groups excluding carboxylic acids is 2. The number of piperidine rings is 1. The van der Waals surface area contributed by atoms with Crippen molar-refractivity contribution in [1.82, 2.24) is 14.8 Å². The average molecular weight is 319 g/mol. The third kappa shape index (κ3) is 3.14. The number of methoxy groups -OCH3 is 1. The minimum absolute atomic E-state index is 0.0345. The fourth-order valence-corrected chi connectivity index (χ4v) is 3.20. The van der Waals surface area contributed by atoms with Crippen LogP contribution in [0.4, 0.5) is 4.79 Å². The van der Waals surface area contributed by atoms with Crippen molar-refractivity contribution in [1.29, 1.82) is 0 Å². The molecule has 1 saturated heterocycles. The van der Waals surface area contributed by atoms with Gasteiger partial charge in [0.1, 0.15) is 0 Å². The zero-order valence-corrected chi connectivity index (χ0v) is 13.2. The van der Waals surface area contributed by atoms with Gasteiger partial charge < -0.3 is 19.6 Å². The highest BCUT2D eigenvalue weighted by molar-refractivity contribution is 5.96. The molecular weight excluding hydrogens is 298 g/mol. The van der Waals surface area contributed by atoms with Gasteiger partial charge in [0.25, 0.3) is 5.91 Å². The molecule has 0 bridgehead atoms. The first-order valence-corrected chi connectivity index (χ1v) is 7.86. The number of hydrogen-bond acceptors (Lipinski definition) is 5. The largest absolute Gasteiger partial charge is 0.453 e. The van der Waals surface area contributed by atoms with E-state index in [-0.39, 0.29) is 18.1 Å². The molecule has 0 radical (unpaired) electrons. The lowest BCUT2D eigenvalue weighted by Crippen LogP contribution is -2.41. The highest BCUT2D eigenvalue weighted by Crippen LogP contribution is 2.24. The van der Waals surface area contributed by atoms with Crippen molar-refractivity contribution in [3.8, 4) is 0 Å². The summed E-state index contributed by atoms with van der Waals surface area (Å²) in [5, 5.41) is 9.58. The first-order valence-electron chi connectivity index (χ1n) is 7.86. The fourth-order valence-electron chi connectivity index (χ4n) is 3.20. The van der Waals surface area contributed by atoms with E-state index in [1.54, 1.807) is 22.2 Å². The molecule has 1 aromatic rings. The normalized spacial score (nSPS) is 18.5. The quantitative estimate of drug-likeness (QED) is 0.828. The molecule has 0 saturated carbocycles. The van der Waals surface area contributed by atoms with Gasteiger partial charge in [0.2, 0.25) is 0 Å². The summed E-state index contributed by atoms with van der Waals surface area (Å²) in [6.45, 7) is 2.08. The molecule has 3 heterocycles. The maximum Gasteiger partial charge on any atom is 0.409 e. The number of hydrogen-bond donors (Lipinski definition) is 1. The van der Waals surface area contributed by atoms with E-state index in [2.05, 4.69) is 4.98 Å². The van der Waals surface area contributed by atoms with Crippen LogP contribution in [0, 0.1) is 0 Å². The molecule has 0 unspecified atom stereocenters. The standard InChI is InChI=1S/C16H21N3O4/c1-23-16(22)19-7-4-13-11(10-19)8-17-9-14(13)15(21)18-5-2-12(20)3-6-18/h8-9,12,20H,2-7,10H2,1H3. The second-order valence-corrected chi connectivity index (χ2v) is 5.99. The number of ether oxygens (including phenoxy) is 1. The van der Waals surface area contributed by atoms with E-state index in [1.165, 1.54) is 7.11 Å². The minimum atomic E-state index is -0.364. The summed E-state index contributed by atoms with van der Waals surface area (Å²) in [7, 11) is 1.36. The Bertz CT molecular complexity index is 611. The van der Waals surface area contributed by atoms with Gasteiger partial charge in [-0.2, -0.15) is 0 Å². The molecule has 7 nitrogen and oxygen atoms in total. The van der Waals surface area contributed by atoms with Crippen LogP contribution >= 0.6 is 0 Å². The zero-order chi connectivity index (χ0) is 16.4. The number of amides is 2. The summed E-state index contributed by atoms with van der Waals surface area (Å²) in [6.07, 6.45) is 4.49. The van der Waals surface area contributed by atoms with Gasteiger partial charge in [-0.25, -0.2) is 4.79 Å². The zero-order valence-electron chi connectivity index (χ0n) is 13.2. The van der Waals surface area contributed by atoms with E-state index < -0.39 is 0 Å². The van der Waals surface area contributed by atoms with E-state index >= 15 is 0 Å². The number of likely N-dealkylation sites (tertiary alicyclic amines) is 1. The van der Waals surface area contributed by atoms with Crippen molar-refractivity contribution in [2.75, 3.05) is 26.7 Å². The van der Waals surface area contributed by atoms with Crippen molar-refractivity contribution in [3.63, 3.8) is 0 Å². The molecule has 124 valence electrons. The van der Waals surface area contributed by atoms with E-state index in [1.807, 2.05) is 0 Å². The van der Waals surface area contributed by atoms with Gasteiger partial charge in [0, 0.05) is 32.0 Å². The fraction of sp³-hybridized carbons (Fsp3) is 0.562. The summed E-state index contributed by atoms with van der Waals surface area (Å²) >= 11 is 0. The Balaban J connectivity index is 1.80. The monoisotopic (exact) mass is 319 g/mol. The molecule has 0 aliphatic carbocycles. The van der Waals surface area contributed by atoms with Crippen LogP contribution in [0.2, 0.25) is 0 Å². The molecule has 0 atom stereocenters. The molecule has 2 aliphatic rings. The number of pyridine rings is 1. The third-order valence-corrected chi connectivity index (χ3v) is 4.55. The van der Waals surface area contributed by atoms with Crippen molar-refractivity contribution < 1.29 is 19.4 Å². The van der Waals surface area contributed by atoms with Crippen molar-refractivity contribution in [2.24, 2.45) is 0 Å². The van der Waals surface area contributed by atoms with Gasteiger partial charge in [0.15, 0.2) is 0 Å². The van der Waals surface area contributed by atoms with Gasteiger partial charge in [-0.3, -0.25) is 9.78 Å². The average Bonchev–Trinajstić information content (AvgIpc) is 2.60. The Morgan fingerprint density at radius 1 is 1.22 bits per heavy atom. The van der Waals surface area contributed by atoms with E-state index in [9.17, 15) is 14.7 Å². The van der Waals surface area contributed by atoms with E-state index in [0.717, 1.165) is 11.1 Å². The molecule has 23 heavy (non-hydrogen) atoms. The van der Waals surface area contributed by atoms with Gasteiger partial charge in [-0.05, 0) is 30.4 Å². The molecule has 2 amide bonds. The highest BCUT2D eigenvalue weighted by atomic mass is 16.5. The van der Waals surface area contributed by atoms with Crippen LogP contribution in [-0.2, 0) is 17.7 Å². The van der Waals surface area contributed by atoms with Crippen LogP contribution in [0.5, 0.6) is 0 Å². The summed E-state index contributed by atoms with van der Waals surface area (Å²) in [4.78, 5) is 32.0. The first-order chi connectivity index (χ1) is 11.1. The second kappa shape index (κ2) is 6.54. The van der Waals surface area contributed by atoms with Crippen LogP contribution in [0.1, 0.15) is 34.3 Å². The van der Waals surface area contributed by atoms with Crippen LogP contribution in [0.3, 0.4) is 0 Å². The van der Waals surface area contributed by atoms with Gasteiger partial charge in [0.05, 0.1) is 25.3 Å². The van der Waals surface area contributed by atoms with Crippen LogP contribution in [0.15, 0.2) is 12.4 Å². The number of aromatic nitrogens is 1. The number of carbonyl (C=O) groups is 2. The molecule has 2 aliphatic heterocycles. The molecule has 1 N–H and O–H groups in total. The number of rotatable bonds is 1. The van der Waals surface area contributed by atoms with Gasteiger partial charge in [-0.15, -0.1) is 0 Å². The summed E-state index contributed by atoms with van der Waals surface area (Å²) < 4.78 is 4.76. The lowest BCUT2D eigenvalue weighted by Gasteiger charge is -2.32. The molecule has 7 heteroatoms. The Kier molecular flexibility index (Phi) is 4.47. The van der Waals surface area contributed by atoms with E-state index in [4.69, 9.17) is 4.74 Å². The maximum atomic E-state index is 12.7. The van der Waals surface area contributed by atoms with Crippen LogP contribution < -0.4 is 0 Å². The van der Waals surface area contributed by atoms with Crippen molar-refractivity contribution >= 4 is 12.0 Å². The molecule has 0 spiro atoms. The smallest absolute Gasteiger partial charge is 0.409 e. The Morgan fingerprint density at radius 2 is 1.96 bits per heavy atom. The first kappa shape index (κ1) is 15.7. The molecule has 0 aromatic carbocycles. The van der Waals surface area contributed by atoms with Crippen LogP contribution in [0.25, 0.3) is 0 Å². The summed E-state index contributed by atoms with van der Waals surface area (Å²) in [5.74, 6) is -0.0345. The van der Waals surface area contributed by atoms with E-state index in [0.29, 0.717) is 51.0 Å². The number of aliphatic hydroxyl groups is 1. The summed E-state index contributed by atoms with van der Waals surface area (Å²) in [5.41, 5.74) is 2.48. The molecule has 3 rings (SSSR count). The third-order valence-electron chi connectivity index (χ3n) is 4.55. The lowest BCUT2D eigenvalue weighted by atomic mass is 9.96. The Morgan fingerprint density at radius 3 is 2.65 bits per heavy atom. The topological polar surface area (TPSA) is 83.0 Å². The van der Waals surface area contributed by atoms with Crippen molar-refractivity contribution in [3.05, 3.63) is 29.1 Å². The SMILES string of the molecule is COC(=O)N1CCc2c(cncc2C(=O)N2CCC(O)CC2)C1. The number of aliphatic hydroxyl groups excluding tert-OH is 1. The molecule has 1 fully saturated rings. The second-order valence-electron chi connectivity index (χ2n) is 5.99. The van der Waals surface area contributed by atoms with Crippen molar-refractivity contribution in [2.45, 2.75) is 31.9 Å². The molecule has 1 aromatic heterocycles. The maximum absolute atomic E-state index is 12.7.